The van der Waals surface area contributed by atoms with Crippen molar-refractivity contribution in [2.45, 2.75) is 0 Å². The summed E-state index contributed by atoms with van der Waals surface area (Å²) in [4.78, 5) is 33.1. The van der Waals surface area contributed by atoms with E-state index in [2.05, 4.69) is 24.3 Å². The van der Waals surface area contributed by atoms with Crippen LogP contribution in [-0.4, -0.2) is 27.8 Å². The van der Waals surface area contributed by atoms with Crippen LogP contribution in [0, 0.1) is 10.1 Å². The Bertz CT molecular complexity index is 2550. The van der Waals surface area contributed by atoms with Crippen LogP contribution < -0.4 is 0 Å². The van der Waals surface area contributed by atoms with Crippen molar-refractivity contribution >= 4 is 45.1 Å². The van der Waals surface area contributed by atoms with Crippen molar-refractivity contribution in [2.24, 2.45) is 20.0 Å². The molecule has 0 aromatic heterocycles. The van der Waals surface area contributed by atoms with Gasteiger partial charge in [0.2, 0.25) is 0 Å². The third-order valence-corrected chi connectivity index (χ3v) is 9.06. The molecule has 4 aromatic rings. The van der Waals surface area contributed by atoms with Gasteiger partial charge in [-0.15, -0.1) is 0 Å². The maximum atomic E-state index is 13.2. The molecule has 0 saturated heterocycles. The van der Waals surface area contributed by atoms with Crippen LogP contribution in [0.1, 0.15) is 22.3 Å². The molecule has 52 heavy (non-hydrogen) atoms. The number of hydrogen-bond acceptors (Lipinski definition) is 6. The fraction of sp³-hybridized carbons (Fsp3) is 0. The van der Waals surface area contributed by atoms with Gasteiger partial charge >= 0.3 is 5.70 Å². The van der Waals surface area contributed by atoms with E-state index in [4.69, 9.17) is 20.0 Å². The van der Waals surface area contributed by atoms with E-state index in [1.54, 1.807) is 6.08 Å². The van der Waals surface area contributed by atoms with Crippen molar-refractivity contribution in [3.8, 4) is 0 Å². The van der Waals surface area contributed by atoms with E-state index in [-0.39, 0.29) is 33.4 Å². The number of benzene rings is 4. The monoisotopic (exact) mass is 720 g/mol. The Kier molecular flexibility index (Phi) is 8.53. The van der Waals surface area contributed by atoms with Gasteiger partial charge in [0.15, 0.2) is 0 Å². The average molecular weight is 721 g/mol. The minimum Gasteiger partial charge on any atom is -0.258 e. The first kappa shape index (κ1) is 32.6. The van der Waals surface area contributed by atoms with Crippen LogP contribution in [0.25, 0.3) is 22.3 Å². The summed E-state index contributed by atoms with van der Waals surface area (Å²) < 4.78 is 0. The van der Waals surface area contributed by atoms with Crippen molar-refractivity contribution < 1.29 is 22.0 Å². The molecular weight excluding hydrogens is 694 g/mol. The number of nitrogens with zero attached hydrogens (tertiary/aromatic N) is 5. The van der Waals surface area contributed by atoms with Crippen LogP contribution >= 0.6 is 0 Å². The molecule has 0 N–H and O–H groups in total. The van der Waals surface area contributed by atoms with E-state index in [1.165, 1.54) is 0 Å². The van der Waals surface area contributed by atoms with Crippen LogP contribution in [0.2, 0.25) is 0 Å². The second-order valence-corrected chi connectivity index (χ2v) is 12.3. The Labute approximate surface area is 310 Å². The fourth-order valence-electron chi connectivity index (χ4n) is 6.89. The van der Waals surface area contributed by atoms with E-state index in [9.17, 15) is 10.1 Å². The van der Waals surface area contributed by atoms with Crippen molar-refractivity contribution in [3.63, 3.8) is 0 Å². The Morgan fingerprint density at radius 3 is 1.46 bits per heavy atom. The first-order valence-corrected chi connectivity index (χ1v) is 16.6. The maximum absolute atomic E-state index is 13.2. The molecule has 9 rings (SSSR count). The third-order valence-electron chi connectivity index (χ3n) is 9.06. The molecule has 5 aliphatic rings. The summed E-state index contributed by atoms with van der Waals surface area (Å²) in [6.45, 7) is 0. The molecule has 8 heteroatoms. The van der Waals surface area contributed by atoms with Crippen molar-refractivity contribution in [2.75, 3.05) is 0 Å². The molecule has 0 unspecified atom stereocenters. The second kappa shape index (κ2) is 13.6. The molecule has 4 aromatic carbocycles. The van der Waals surface area contributed by atoms with Crippen LogP contribution in [0.4, 0.5) is 0 Å². The summed E-state index contributed by atoms with van der Waals surface area (Å²) >= 11 is 0. The summed E-state index contributed by atoms with van der Waals surface area (Å²) in [6.07, 6.45) is 13.2. The largest absolute Gasteiger partial charge is 0.304 e. The van der Waals surface area contributed by atoms with Crippen molar-refractivity contribution in [1.29, 1.82) is 0 Å². The standard InChI is InChI=1S/C44H27N5O2.Cu/c50-49(51)44-37-27-35-24-22-33(46-35)25-32-21-23-34(45-32)26-36-38(28-13-5-1-6-14-28)39(29-15-7-2-8-16-29)42(47-36)40(30-17-9-3-10-18-30)43(48-37)41(44)31-19-11-4-12-20-31;/h1-27H;. The Morgan fingerprint density at radius 1 is 0.462 bits per heavy atom. The molecule has 5 heterocycles. The summed E-state index contributed by atoms with van der Waals surface area (Å²) in [5.74, 6) is 0. The minimum atomic E-state index is -0.336. The average Bonchev–Trinajstić information content (AvgIpc) is 3.96. The molecule has 0 aliphatic carbocycles. The molecule has 0 atom stereocenters. The second-order valence-electron chi connectivity index (χ2n) is 12.3. The van der Waals surface area contributed by atoms with Gasteiger partial charge in [-0.3, -0.25) is 10.1 Å². The molecule has 0 spiro atoms. The topological polar surface area (TPSA) is 92.6 Å². The van der Waals surface area contributed by atoms with Gasteiger partial charge in [-0.2, -0.15) is 0 Å². The number of rotatable bonds is 5. The zero-order valence-corrected chi connectivity index (χ0v) is 28.4. The van der Waals surface area contributed by atoms with Gasteiger partial charge in [-0.05, 0) is 64.8 Å². The molecule has 1 radical (unpaired) electrons. The van der Waals surface area contributed by atoms with Crippen LogP contribution in [0.5, 0.6) is 0 Å². The van der Waals surface area contributed by atoms with Crippen molar-refractivity contribution in [1.82, 2.24) is 0 Å². The first-order chi connectivity index (χ1) is 25.1. The molecular formula is C44H27CuN5O2. The zero-order chi connectivity index (χ0) is 34.3. The zero-order valence-electron chi connectivity index (χ0n) is 27.4. The summed E-state index contributed by atoms with van der Waals surface area (Å²) in [6, 6.07) is 39.7. The van der Waals surface area contributed by atoms with E-state index >= 15 is 0 Å². The first-order valence-electron chi connectivity index (χ1n) is 16.6. The van der Waals surface area contributed by atoms with Gasteiger partial charge in [-0.25, -0.2) is 20.0 Å². The van der Waals surface area contributed by atoms with Gasteiger partial charge in [0.05, 0.1) is 50.4 Å². The number of nitro groups is 1. The summed E-state index contributed by atoms with van der Waals surface area (Å²) in [5, 5.41) is 13.2. The van der Waals surface area contributed by atoms with Crippen LogP contribution in [-0.2, 0) is 17.1 Å². The van der Waals surface area contributed by atoms with Gasteiger partial charge in [0, 0.05) is 33.8 Å². The molecule has 0 saturated carbocycles. The number of fused-ring (bicyclic) bond motifs is 4. The van der Waals surface area contributed by atoms with Gasteiger partial charge in [0.25, 0.3) is 0 Å². The Morgan fingerprint density at radius 2 is 0.923 bits per heavy atom. The van der Waals surface area contributed by atoms with Gasteiger partial charge < -0.3 is 0 Å². The predicted molar refractivity (Wildman–Crippen MR) is 206 cm³/mol. The van der Waals surface area contributed by atoms with Gasteiger partial charge in [-0.1, -0.05) is 121 Å². The molecule has 7 nitrogen and oxygen atoms in total. The van der Waals surface area contributed by atoms with Crippen LogP contribution in [0.15, 0.2) is 212 Å². The Balaban J connectivity index is 0.00000387. The number of hydrogen-bond donors (Lipinski definition) is 0. The summed E-state index contributed by atoms with van der Waals surface area (Å²) in [5.41, 5.74) is 11.1. The van der Waals surface area contributed by atoms with Gasteiger partial charge in [0.1, 0.15) is 5.71 Å². The molecule has 5 aliphatic heterocycles. The van der Waals surface area contributed by atoms with E-state index < -0.39 is 0 Å². The Hall–Kier alpha value is -6.60. The fourth-order valence-corrected chi connectivity index (χ4v) is 6.89. The molecule has 0 fully saturated rings. The molecule has 251 valence electrons. The normalized spacial score (nSPS) is 17.3. The summed E-state index contributed by atoms with van der Waals surface area (Å²) in [7, 11) is 0. The van der Waals surface area contributed by atoms with Crippen LogP contribution in [0.3, 0.4) is 0 Å². The predicted octanol–water partition coefficient (Wildman–Crippen LogP) is 9.29. The SMILES string of the molecule is O=[N+]([O-])C1=C(c2ccccc2)C2=C(c3ccccc3)C3=NC(=CC4=NC(=CC5=NC(=CC1=N2)C=C5)C=C4)C(c1ccccc1)=C3c1ccccc1.[Cu]. The number of aliphatic imine (C=N–C) groups is 4. The van der Waals surface area contributed by atoms with E-state index in [0.717, 1.165) is 44.9 Å². The van der Waals surface area contributed by atoms with E-state index in [0.29, 0.717) is 39.5 Å². The smallest absolute Gasteiger partial charge is 0.258 e. The maximum Gasteiger partial charge on any atom is 0.304 e. The number of allylic oxidation sites excluding steroid dienone is 11. The quantitative estimate of drug-likeness (QED) is 0.117. The molecule has 0 amide bonds. The molecule has 8 bridgehead atoms. The van der Waals surface area contributed by atoms with E-state index in [1.807, 2.05) is 134 Å². The van der Waals surface area contributed by atoms with Crippen molar-refractivity contribution in [3.05, 3.63) is 225 Å². The minimum absolute atomic E-state index is 0. The third kappa shape index (κ3) is 5.86.